The molecule has 20 heavy (non-hydrogen) atoms. The van der Waals surface area contributed by atoms with Crippen molar-refractivity contribution in [2.45, 2.75) is 50.2 Å². The van der Waals surface area contributed by atoms with E-state index in [0.29, 0.717) is 12.8 Å². The Morgan fingerprint density at radius 3 is 2.45 bits per heavy atom. The van der Waals surface area contributed by atoms with Gasteiger partial charge in [-0.15, -0.1) is 0 Å². The summed E-state index contributed by atoms with van der Waals surface area (Å²) in [5.41, 5.74) is 0.883. The fourth-order valence-electron chi connectivity index (χ4n) is 3.23. The third-order valence-electron chi connectivity index (χ3n) is 4.39. The van der Waals surface area contributed by atoms with E-state index >= 15 is 0 Å². The van der Waals surface area contributed by atoms with Crippen LogP contribution in [0.1, 0.15) is 53.3 Å². The van der Waals surface area contributed by atoms with Crippen molar-refractivity contribution in [2.75, 3.05) is 20.6 Å². The van der Waals surface area contributed by atoms with E-state index < -0.39 is 12.6 Å². The lowest BCUT2D eigenvalue weighted by Gasteiger charge is -2.41. The molecule has 0 heterocycles. The molecule has 112 valence electrons. The van der Waals surface area contributed by atoms with Crippen LogP contribution in [0.25, 0.3) is 0 Å². The maximum absolute atomic E-state index is 11.2. The zero-order chi connectivity index (χ0) is 17.1. The molecular weight excluding hydrogens is 250 g/mol. The quantitative estimate of drug-likeness (QED) is 0.871. The minimum Gasteiger partial charge on any atom is -0.392 e. The number of likely N-dealkylation sites (N-methyl/N-ethyl adjacent to an activating group) is 1. The van der Waals surface area contributed by atoms with Crippen molar-refractivity contribution in [3.63, 3.8) is 0 Å². The van der Waals surface area contributed by atoms with Crippen LogP contribution in [0.5, 0.6) is 0 Å². The van der Waals surface area contributed by atoms with E-state index in [0.717, 1.165) is 30.4 Å². The van der Waals surface area contributed by atoms with E-state index in [1.807, 2.05) is 24.3 Å². The van der Waals surface area contributed by atoms with E-state index in [1.54, 1.807) is 7.05 Å². The van der Waals surface area contributed by atoms with Crippen molar-refractivity contribution in [2.24, 2.45) is 0 Å². The van der Waals surface area contributed by atoms with Crippen LogP contribution in [0, 0.1) is 0 Å². The van der Waals surface area contributed by atoms with Crippen molar-refractivity contribution in [3.8, 4) is 0 Å². The van der Waals surface area contributed by atoms with Crippen molar-refractivity contribution >= 4 is 0 Å². The number of benzene rings is 1. The van der Waals surface area contributed by atoms with Gasteiger partial charge < -0.3 is 15.1 Å². The van der Waals surface area contributed by atoms with Gasteiger partial charge in [0.2, 0.25) is 0 Å². The summed E-state index contributed by atoms with van der Waals surface area (Å²) >= 11 is 0. The molecule has 0 radical (unpaired) electrons. The summed E-state index contributed by atoms with van der Waals surface area (Å²) in [6, 6.07) is 7.47. The average molecular weight is 280 g/mol. The molecule has 1 fully saturated rings. The van der Waals surface area contributed by atoms with Crippen LogP contribution in [-0.2, 0) is 6.61 Å². The van der Waals surface area contributed by atoms with Gasteiger partial charge in [-0.05, 0) is 38.0 Å². The summed E-state index contributed by atoms with van der Waals surface area (Å²) in [6.07, 6.45) is 4.47. The van der Waals surface area contributed by atoms with Crippen molar-refractivity contribution in [1.82, 2.24) is 4.90 Å². The van der Waals surface area contributed by atoms with Crippen LogP contribution in [0.15, 0.2) is 24.3 Å². The van der Waals surface area contributed by atoms with Gasteiger partial charge in [-0.25, -0.2) is 0 Å². The van der Waals surface area contributed by atoms with Crippen molar-refractivity contribution in [3.05, 3.63) is 35.4 Å². The molecule has 1 aliphatic rings. The average Bonchev–Trinajstić information content (AvgIpc) is 2.52. The minimum atomic E-state index is -2.17. The molecule has 2 N–H and O–H groups in total. The van der Waals surface area contributed by atoms with Crippen molar-refractivity contribution < 1.29 is 14.3 Å². The zero-order valence-electron chi connectivity index (χ0n) is 15.2. The molecule has 1 saturated carbocycles. The Morgan fingerprint density at radius 1 is 1.25 bits per heavy atom. The maximum Gasteiger partial charge on any atom is 0.0728 e. The van der Waals surface area contributed by atoms with Gasteiger partial charge in [-0.2, -0.15) is 0 Å². The predicted molar refractivity (Wildman–Crippen MR) is 81.7 cm³/mol. The Morgan fingerprint density at radius 2 is 1.90 bits per heavy atom. The molecule has 0 bridgehead atoms. The first-order valence-corrected chi connectivity index (χ1v) is 7.39. The highest BCUT2D eigenvalue weighted by Crippen LogP contribution is 2.40. The van der Waals surface area contributed by atoms with Crippen LogP contribution >= 0.6 is 0 Å². The highest BCUT2D eigenvalue weighted by Gasteiger charge is 2.38. The lowest BCUT2D eigenvalue weighted by Crippen LogP contribution is -2.42. The Bertz CT molecular complexity index is 496. The number of hydrogen-bond donors (Lipinski definition) is 2. The van der Waals surface area contributed by atoms with Crippen LogP contribution in [-0.4, -0.2) is 41.3 Å². The van der Waals surface area contributed by atoms with Gasteiger partial charge in [-0.1, -0.05) is 43.5 Å². The molecular formula is C17H27NO2. The molecule has 2 rings (SSSR count). The van der Waals surface area contributed by atoms with E-state index in [1.165, 1.54) is 4.90 Å². The molecule has 1 aromatic carbocycles. The van der Waals surface area contributed by atoms with Gasteiger partial charge in [0.1, 0.15) is 0 Å². The number of hydrogen-bond acceptors (Lipinski definition) is 3. The summed E-state index contributed by atoms with van der Waals surface area (Å²) in [6.45, 7) is -1.91. The van der Waals surface area contributed by atoms with Gasteiger partial charge in [-0.3, -0.25) is 0 Å². The molecule has 0 aromatic heterocycles. The molecule has 0 aliphatic heterocycles. The van der Waals surface area contributed by atoms with E-state index in [2.05, 4.69) is 0 Å². The van der Waals surface area contributed by atoms with Gasteiger partial charge in [0.15, 0.2) is 0 Å². The predicted octanol–water partition coefficient (Wildman–Crippen LogP) is 2.52. The summed E-state index contributed by atoms with van der Waals surface area (Å²) in [4.78, 5) is 1.34. The van der Waals surface area contributed by atoms with Crippen molar-refractivity contribution in [1.29, 1.82) is 0 Å². The molecule has 0 amide bonds. The molecule has 0 spiro atoms. The number of rotatable bonds is 5. The molecule has 3 nitrogen and oxygen atoms in total. The zero-order valence-corrected chi connectivity index (χ0v) is 12.2. The fourth-order valence-corrected chi connectivity index (χ4v) is 3.23. The highest BCUT2D eigenvalue weighted by molar-refractivity contribution is 5.28. The van der Waals surface area contributed by atoms with Gasteiger partial charge in [0.25, 0.3) is 0 Å². The first-order chi connectivity index (χ1) is 10.8. The normalized spacial score (nSPS) is 22.9. The van der Waals surface area contributed by atoms with Gasteiger partial charge in [0.05, 0.1) is 12.2 Å². The Balaban J connectivity index is 2.29. The molecule has 0 saturated heterocycles. The van der Waals surface area contributed by atoms with Crippen LogP contribution in [0.4, 0.5) is 0 Å². The van der Waals surface area contributed by atoms with Crippen LogP contribution in [0.2, 0.25) is 0 Å². The summed E-state index contributed by atoms with van der Waals surface area (Å²) in [5.74, 6) is -0.249. The SMILES string of the molecule is [2H]C([2H])([2H])N(C)C[C@@H](c1ccc(CO)cc1)C1(O)CCCCC1. The second kappa shape index (κ2) is 6.70. The third-order valence-corrected chi connectivity index (χ3v) is 4.39. The lowest BCUT2D eigenvalue weighted by atomic mass is 9.72. The number of aliphatic hydroxyl groups is 2. The molecule has 1 aliphatic carbocycles. The van der Waals surface area contributed by atoms with E-state index in [-0.39, 0.29) is 19.1 Å². The maximum atomic E-state index is 11.2. The third kappa shape index (κ3) is 3.60. The summed E-state index contributed by atoms with van der Waals surface area (Å²) in [5, 5.41) is 20.4. The molecule has 1 aromatic rings. The lowest BCUT2D eigenvalue weighted by molar-refractivity contribution is -0.0277. The molecule has 1 atom stereocenters. The van der Waals surface area contributed by atoms with Crippen LogP contribution < -0.4 is 0 Å². The fraction of sp³-hybridized carbons (Fsp3) is 0.647. The monoisotopic (exact) mass is 280 g/mol. The van der Waals surface area contributed by atoms with E-state index in [4.69, 9.17) is 4.11 Å². The second-order valence-electron chi connectivity index (χ2n) is 6.00. The number of nitrogens with zero attached hydrogens (tertiary/aromatic N) is 1. The largest absolute Gasteiger partial charge is 0.392 e. The van der Waals surface area contributed by atoms with Gasteiger partial charge >= 0.3 is 0 Å². The summed E-state index contributed by atoms with van der Waals surface area (Å²) < 4.78 is 22.7. The standard InChI is InChI=1S/C17H27NO2/c1-18(2)12-16(17(20)10-4-3-5-11-17)15-8-6-14(13-19)7-9-15/h6-9,16,19-20H,3-5,10-13H2,1-2H3/t16-/m0/s1/i1D3. The summed E-state index contributed by atoms with van der Waals surface area (Å²) in [7, 11) is 1.58. The van der Waals surface area contributed by atoms with E-state index in [9.17, 15) is 10.2 Å². The first kappa shape index (κ1) is 11.7. The highest BCUT2D eigenvalue weighted by atomic mass is 16.3. The first-order valence-electron chi connectivity index (χ1n) is 8.89. The van der Waals surface area contributed by atoms with Crippen LogP contribution in [0.3, 0.4) is 0 Å². The number of aliphatic hydroxyl groups excluding tert-OH is 1. The molecule has 0 unspecified atom stereocenters. The minimum absolute atomic E-state index is 0.0234. The Kier molecular flexibility index (Phi) is 3.93. The topological polar surface area (TPSA) is 43.7 Å². The Hall–Kier alpha value is -0.900. The smallest absolute Gasteiger partial charge is 0.0728 e. The molecule has 3 heteroatoms. The second-order valence-corrected chi connectivity index (χ2v) is 6.00. The Labute approximate surface area is 126 Å². The van der Waals surface area contributed by atoms with Gasteiger partial charge in [0, 0.05) is 16.6 Å².